The molecule has 0 aliphatic carbocycles. The van der Waals surface area contributed by atoms with Crippen LogP contribution in [0.1, 0.15) is 0 Å². The Morgan fingerprint density at radius 1 is 1.21 bits per heavy atom. The van der Waals surface area contributed by atoms with Crippen molar-refractivity contribution in [2.45, 2.75) is 0 Å². The molecule has 0 aromatic heterocycles. The highest BCUT2D eigenvalue weighted by Crippen LogP contribution is 2.28. The third-order valence-corrected chi connectivity index (χ3v) is 2.65. The summed E-state index contributed by atoms with van der Waals surface area (Å²) < 4.78 is 0. The van der Waals surface area contributed by atoms with Crippen LogP contribution in [0.25, 0.3) is 0 Å². The molecule has 19 heavy (non-hydrogen) atoms. The zero-order valence-corrected chi connectivity index (χ0v) is 10.9. The van der Waals surface area contributed by atoms with Gasteiger partial charge in [0.05, 0.1) is 33.4 Å². The predicted octanol–water partition coefficient (Wildman–Crippen LogP) is 2.75. The molecule has 10 heteroatoms. The molecule has 8 nitrogen and oxygen atoms in total. The summed E-state index contributed by atoms with van der Waals surface area (Å²) in [6.07, 6.45) is 0. The van der Waals surface area contributed by atoms with Gasteiger partial charge in [-0.25, -0.2) is 0 Å². The number of alkyl halides is 2. The number of hydrazone groups is 1. The van der Waals surface area contributed by atoms with Gasteiger partial charge in [-0.2, -0.15) is 5.10 Å². The van der Waals surface area contributed by atoms with E-state index in [9.17, 15) is 20.2 Å². The Hall–Kier alpha value is -1.93. The molecule has 102 valence electrons. The van der Waals surface area contributed by atoms with E-state index in [0.29, 0.717) is 5.71 Å². The monoisotopic (exact) mass is 306 g/mol. The van der Waals surface area contributed by atoms with Gasteiger partial charge in [0, 0.05) is 6.07 Å². The van der Waals surface area contributed by atoms with Crippen LogP contribution in [0.2, 0.25) is 0 Å². The first-order valence-corrected chi connectivity index (χ1v) is 5.92. The molecule has 0 saturated heterocycles. The number of nitrogens with one attached hydrogen (secondary N) is 1. The summed E-state index contributed by atoms with van der Waals surface area (Å²) in [5.74, 6) is 0.133. The minimum atomic E-state index is -0.744. The van der Waals surface area contributed by atoms with Gasteiger partial charge in [0.1, 0.15) is 5.69 Å². The molecule has 1 aromatic carbocycles. The smallest absolute Gasteiger partial charge is 0.272 e. The molecule has 0 amide bonds. The molecular weight excluding hydrogens is 299 g/mol. The molecule has 0 saturated carbocycles. The Labute approximate surface area is 117 Å². The van der Waals surface area contributed by atoms with Crippen LogP contribution in [0.15, 0.2) is 23.3 Å². The number of hydrogen-bond acceptors (Lipinski definition) is 6. The van der Waals surface area contributed by atoms with Gasteiger partial charge in [0.15, 0.2) is 0 Å². The molecule has 0 heterocycles. The highest BCUT2D eigenvalue weighted by molar-refractivity contribution is 6.37. The van der Waals surface area contributed by atoms with Gasteiger partial charge in [-0.1, -0.05) is 0 Å². The molecule has 0 atom stereocenters. The first-order valence-electron chi connectivity index (χ1n) is 4.85. The van der Waals surface area contributed by atoms with Gasteiger partial charge < -0.3 is 0 Å². The zero-order chi connectivity index (χ0) is 14.4. The minimum absolute atomic E-state index is 0.0170. The average molecular weight is 307 g/mol. The first kappa shape index (κ1) is 15.1. The van der Waals surface area contributed by atoms with Gasteiger partial charge in [0.25, 0.3) is 5.69 Å². The molecule has 0 aliphatic rings. The lowest BCUT2D eigenvalue weighted by atomic mass is 10.2. The lowest BCUT2D eigenvalue weighted by Gasteiger charge is -2.03. The number of rotatable bonds is 6. The fourth-order valence-corrected chi connectivity index (χ4v) is 1.52. The zero-order valence-electron chi connectivity index (χ0n) is 9.38. The number of nitro benzene ring substituents is 2. The first-order chi connectivity index (χ1) is 8.99. The van der Waals surface area contributed by atoms with E-state index in [4.69, 9.17) is 23.2 Å². The molecule has 1 aromatic rings. The number of non-ortho nitro benzene ring substituents is 1. The third-order valence-electron chi connectivity index (χ3n) is 2.03. The van der Waals surface area contributed by atoms with Gasteiger partial charge in [-0.15, -0.1) is 23.2 Å². The minimum Gasteiger partial charge on any atom is -0.272 e. The number of halogens is 2. The molecule has 1 rings (SSSR count). The lowest BCUT2D eigenvalue weighted by molar-refractivity contribution is -0.393. The highest BCUT2D eigenvalue weighted by Gasteiger charge is 2.19. The van der Waals surface area contributed by atoms with Crippen LogP contribution < -0.4 is 5.43 Å². The van der Waals surface area contributed by atoms with Crippen molar-refractivity contribution in [3.05, 3.63) is 38.4 Å². The molecule has 0 radical (unpaired) electrons. The summed E-state index contributed by atoms with van der Waals surface area (Å²) in [5, 5.41) is 25.1. The molecule has 0 aliphatic heterocycles. The Bertz CT molecular complexity index is 529. The normalized spacial score (nSPS) is 9.79. The van der Waals surface area contributed by atoms with Crippen LogP contribution in [0.4, 0.5) is 17.1 Å². The van der Waals surface area contributed by atoms with Gasteiger partial charge >= 0.3 is 5.69 Å². The SMILES string of the molecule is O=[N+]([O-])c1ccc(NN=C(CCl)CCl)c([N+](=O)[O-])c1. The fourth-order valence-electron chi connectivity index (χ4n) is 1.11. The van der Waals surface area contributed by atoms with Crippen molar-refractivity contribution in [3.8, 4) is 0 Å². The van der Waals surface area contributed by atoms with Crippen molar-refractivity contribution >= 4 is 46.0 Å². The summed E-state index contributed by atoms with van der Waals surface area (Å²) in [4.78, 5) is 19.9. The van der Waals surface area contributed by atoms with Crippen molar-refractivity contribution in [3.63, 3.8) is 0 Å². The van der Waals surface area contributed by atoms with Crippen molar-refractivity contribution in [1.82, 2.24) is 0 Å². The average Bonchev–Trinajstić information content (AvgIpc) is 2.39. The van der Waals surface area contributed by atoms with Crippen molar-refractivity contribution in [1.29, 1.82) is 0 Å². The Kier molecular flexibility index (Phi) is 5.46. The Morgan fingerprint density at radius 3 is 2.32 bits per heavy atom. The molecule has 0 unspecified atom stereocenters. The van der Waals surface area contributed by atoms with E-state index in [-0.39, 0.29) is 23.1 Å². The maximum absolute atomic E-state index is 10.8. The third kappa shape index (κ3) is 4.04. The van der Waals surface area contributed by atoms with E-state index in [1.54, 1.807) is 0 Å². The maximum atomic E-state index is 10.8. The quantitative estimate of drug-likeness (QED) is 0.376. The molecule has 0 fully saturated rings. The second kappa shape index (κ2) is 6.86. The van der Waals surface area contributed by atoms with E-state index in [2.05, 4.69) is 10.5 Å². The number of nitrogens with zero attached hydrogens (tertiary/aromatic N) is 3. The fraction of sp³-hybridized carbons (Fsp3) is 0.222. The van der Waals surface area contributed by atoms with Gasteiger partial charge in [-0.05, 0) is 6.07 Å². The van der Waals surface area contributed by atoms with E-state index >= 15 is 0 Å². The van der Waals surface area contributed by atoms with Gasteiger partial charge in [0.2, 0.25) is 0 Å². The van der Waals surface area contributed by atoms with Crippen LogP contribution >= 0.6 is 23.2 Å². The number of hydrogen-bond donors (Lipinski definition) is 1. The summed E-state index contributed by atoms with van der Waals surface area (Å²) in [6, 6.07) is 3.17. The maximum Gasteiger partial charge on any atom is 0.301 e. The van der Waals surface area contributed by atoms with Crippen LogP contribution in [-0.4, -0.2) is 27.3 Å². The Balaban J connectivity index is 3.10. The second-order valence-electron chi connectivity index (χ2n) is 3.27. The van der Waals surface area contributed by atoms with Crippen molar-refractivity contribution < 1.29 is 9.85 Å². The van der Waals surface area contributed by atoms with Crippen LogP contribution in [0.5, 0.6) is 0 Å². The van der Waals surface area contributed by atoms with E-state index in [0.717, 1.165) is 12.1 Å². The summed E-state index contributed by atoms with van der Waals surface area (Å²) in [7, 11) is 0. The predicted molar refractivity (Wildman–Crippen MR) is 72.2 cm³/mol. The summed E-state index contributed by atoms with van der Waals surface area (Å²) in [6.45, 7) is 0. The molecule has 0 spiro atoms. The highest BCUT2D eigenvalue weighted by atomic mass is 35.5. The molecule has 0 bridgehead atoms. The standard InChI is InChI=1S/C9H8Cl2N4O4/c10-4-6(5-11)12-13-8-2-1-7(14(16)17)3-9(8)15(18)19/h1-3,13H,4-5H2. The molecular formula is C9H8Cl2N4O4. The number of anilines is 1. The van der Waals surface area contributed by atoms with E-state index < -0.39 is 15.5 Å². The van der Waals surface area contributed by atoms with Crippen molar-refractivity contribution in [2.24, 2.45) is 5.10 Å². The topological polar surface area (TPSA) is 111 Å². The van der Waals surface area contributed by atoms with E-state index in [1.165, 1.54) is 6.07 Å². The lowest BCUT2D eigenvalue weighted by Crippen LogP contribution is -2.06. The number of nitro groups is 2. The largest absolute Gasteiger partial charge is 0.301 e. The van der Waals surface area contributed by atoms with Crippen LogP contribution in [0, 0.1) is 20.2 Å². The van der Waals surface area contributed by atoms with Crippen molar-refractivity contribution in [2.75, 3.05) is 17.2 Å². The number of benzene rings is 1. The summed E-state index contributed by atoms with van der Waals surface area (Å²) >= 11 is 11.0. The second-order valence-corrected chi connectivity index (χ2v) is 3.81. The van der Waals surface area contributed by atoms with E-state index in [1.807, 2.05) is 0 Å². The van der Waals surface area contributed by atoms with Crippen LogP contribution in [0.3, 0.4) is 0 Å². The van der Waals surface area contributed by atoms with Crippen LogP contribution in [-0.2, 0) is 0 Å². The molecule has 1 N–H and O–H groups in total. The Morgan fingerprint density at radius 2 is 1.84 bits per heavy atom. The summed E-state index contributed by atoms with van der Waals surface area (Å²) in [5.41, 5.74) is 1.98. The van der Waals surface area contributed by atoms with Gasteiger partial charge in [-0.3, -0.25) is 25.7 Å².